The summed E-state index contributed by atoms with van der Waals surface area (Å²) in [7, 11) is 0. The van der Waals surface area contributed by atoms with E-state index in [1.54, 1.807) is 4.90 Å². The highest BCUT2D eigenvalue weighted by atomic mass is 19.1. The molecule has 0 bridgehead atoms. The molecule has 1 saturated carbocycles. The summed E-state index contributed by atoms with van der Waals surface area (Å²) in [6.07, 6.45) is 1.83. The van der Waals surface area contributed by atoms with Crippen molar-refractivity contribution in [1.29, 1.82) is 0 Å². The fourth-order valence-corrected chi connectivity index (χ4v) is 2.88. The van der Waals surface area contributed by atoms with E-state index in [1.807, 2.05) is 6.92 Å². The Morgan fingerprint density at radius 2 is 2.18 bits per heavy atom. The summed E-state index contributed by atoms with van der Waals surface area (Å²) in [5.41, 5.74) is 0.233. The molecule has 2 aliphatic rings. The maximum absolute atomic E-state index is 14.0. The zero-order chi connectivity index (χ0) is 15.7. The number of urea groups is 1. The third-order valence-electron chi connectivity index (χ3n) is 4.29. The number of carbonyl (C=O) groups excluding carboxylic acids is 1. The molecule has 1 aliphatic heterocycles. The van der Waals surface area contributed by atoms with Gasteiger partial charge in [-0.2, -0.15) is 0 Å². The minimum Gasteiger partial charge on any atom is -0.377 e. The van der Waals surface area contributed by atoms with Crippen LogP contribution in [0, 0.1) is 17.6 Å². The van der Waals surface area contributed by atoms with Crippen LogP contribution in [-0.4, -0.2) is 36.7 Å². The molecule has 2 fully saturated rings. The monoisotopic (exact) mass is 310 g/mol. The molecule has 1 aromatic carbocycles. The summed E-state index contributed by atoms with van der Waals surface area (Å²) >= 11 is 0. The van der Waals surface area contributed by atoms with Gasteiger partial charge < -0.3 is 15.0 Å². The maximum Gasteiger partial charge on any atom is 0.318 e. The predicted molar refractivity (Wildman–Crippen MR) is 77.3 cm³/mol. The Morgan fingerprint density at radius 3 is 2.86 bits per heavy atom. The normalized spacial score (nSPS) is 23.2. The minimum atomic E-state index is -0.490. The first kappa shape index (κ1) is 15.2. The third kappa shape index (κ3) is 3.21. The molecular formula is C16H20F2N2O2. The van der Waals surface area contributed by atoms with Crippen molar-refractivity contribution in [3.05, 3.63) is 35.4 Å². The largest absolute Gasteiger partial charge is 0.377 e. The quantitative estimate of drug-likeness (QED) is 0.933. The van der Waals surface area contributed by atoms with Crippen molar-refractivity contribution in [2.75, 3.05) is 19.8 Å². The van der Waals surface area contributed by atoms with E-state index in [2.05, 4.69) is 5.32 Å². The Kier molecular flexibility index (Phi) is 4.29. The fourth-order valence-electron chi connectivity index (χ4n) is 2.88. The summed E-state index contributed by atoms with van der Waals surface area (Å²) in [5.74, 6) is -0.790. The van der Waals surface area contributed by atoms with Crippen LogP contribution in [0.25, 0.3) is 0 Å². The first-order chi connectivity index (χ1) is 10.6. The third-order valence-corrected chi connectivity index (χ3v) is 4.29. The Labute approximate surface area is 128 Å². The van der Waals surface area contributed by atoms with Gasteiger partial charge in [-0.1, -0.05) is 0 Å². The number of hydrogen-bond donors (Lipinski definition) is 1. The number of morpholine rings is 1. The molecule has 2 atom stereocenters. The van der Waals surface area contributed by atoms with Crippen LogP contribution >= 0.6 is 0 Å². The number of hydrogen-bond acceptors (Lipinski definition) is 2. The van der Waals surface area contributed by atoms with Crippen LogP contribution in [0.5, 0.6) is 0 Å². The van der Waals surface area contributed by atoms with Crippen LogP contribution in [0.1, 0.15) is 31.4 Å². The Morgan fingerprint density at radius 1 is 1.41 bits per heavy atom. The zero-order valence-electron chi connectivity index (χ0n) is 12.5. The van der Waals surface area contributed by atoms with E-state index in [9.17, 15) is 13.6 Å². The summed E-state index contributed by atoms with van der Waals surface area (Å²) in [6.45, 7) is 3.42. The van der Waals surface area contributed by atoms with Crippen molar-refractivity contribution in [1.82, 2.24) is 10.2 Å². The molecule has 1 heterocycles. The molecule has 3 rings (SSSR count). The average molecular weight is 310 g/mol. The summed E-state index contributed by atoms with van der Waals surface area (Å²) in [4.78, 5) is 14.2. The average Bonchev–Trinajstić information content (AvgIpc) is 3.32. The van der Waals surface area contributed by atoms with Gasteiger partial charge in [-0.3, -0.25) is 0 Å². The first-order valence-electron chi connectivity index (χ1n) is 7.66. The lowest BCUT2D eigenvalue weighted by molar-refractivity contribution is 0.0182. The number of benzene rings is 1. The lowest BCUT2D eigenvalue weighted by Crippen LogP contribution is -2.52. The van der Waals surface area contributed by atoms with Crippen molar-refractivity contribution < 1.29 is 18.3 Å². The number of halogens is 2. The minimum absolute atomic E-state index is 0.0223. The number of ether oxygens (including phenoxy) is 1. The van der Waals surface area contributed by atoms with Gasteiger partial charge in [-0.25, -0.2) is 13.6 Å². The van der Waals surface area contributed by atoms with Gasteiger partial charge >= 0.3 is 6.03 Å². The van der Waals surface area contributed by atoms with E-state index >= 15 is 0 Å². The zero-order valence-corrected chi connectivity index (χ0v) is 12.5. The highest BCUT2D eigenvalue weighted by molar-refractivity contribution is 5.75. The van der Waals surface area contributed by atoms with Crippen molar-refractivity contribution in [3.8, 4) is 0 Å². The summed E-state index contributed by atoms with van der Waals surface area (Å²) in [5, 5.41) is 2.89. The van der Waals surface area contributed by atoms with E-state index in [-0.39, 0.29) is 23.6 Å². The molecule has 120 valence electrons. The van der Waals surface area contributed by atoms with Gasteiger partial charge in [0.1, 0.15) is 11.6 Å². The van der Waals surface area contributed by atoms with Gasteiger partial charge in [0.05, 0.1) is 25.3 Å². The molecule has 6 heteroatoms. The van der Waals surface area contributed by atoms with Crippen LogP contribution in [0.3, 0.4) is 0 Å². The number of carbonyl (C=O) groups is 1. The van der Waals surface area contributed by atoms with Crippen molar-refractivity contribution in [3.63, 3.8) is 0 Å². The van der Waals surface area contributed by atoms with Crippen LogP contribution in [0.15, 0.2) is 18.2 Å². The molecular weight excluding hydrogens is 290 g/mol. The second-order valence-corrected chi connectivity index (χ2v) is 6.05. The Bertz CT molecular complexity index is 563. The SMILES string of the molecule is C[C@@H]1COCCN1C(=O)N[C@@H](c1cc(F)ccc1F)C1CC1. The first-order valence-corrected chi connectivity index (χ1v) is 7.66. The number of nitrogens with one attached hydrogen (secondary N) is 1. The van der Waals surface area contributed by atoms with Gasteiger partial charge in [-0.05, 0) is 43.9 Å². The molecule has 1 N–H and O–H groups in total. The lowest BCUT2D eigenvalue weighted by Gasteiger charge is -2.34. The second-order valence-electron chi connectivity index (χ2n) is 6.05. The fraction of sp³-hybridized carbons (Fsp3) is 0.562. The Hall–Kier alpha value is -1.69. The maximum atomic E-state index is 14.0. The van der Waals surface area contributed by atoms with Crippen molar-refractivity contribution >= 4 is 6.03 Å². The highest BCUT2D eigenvalue weighted by Crippen LogP contribution is 2.42. The summed E-state index contributed by atoms with van der Waals surface area (Å²) in [6, 6.07) is 2.65. The van der Waals surface area contributed by atoms with E-state index in [0.29, 0.717) is 19.8 Å². The smallest absolute Gasteiger partial charge is 0.318 e. The second kappa shape index (κ2) is 6.20. The van der Waals surface area contributed by atoms with E-state index in [1.165, 1.54) is 6.07 Å². The van der Waals surface area contributed by atoms with Gasteiger partial charge in [-0.15, -0.1) is 0 Å². The molecule has 0 spiro atoms. The van der Waals surface area contributed by atoms with Crippen molar-refractivity contribution in [2.45, 2.75) is 31.8 Å². The summed E-state index contributed by atoms with van der Waals surface area (Å²) < 4.78 is 32.8. The van der Waals surface area contributed by atoms with Crippen LogP contribution in [0.2, 0.25) is 0 Å². The Balaban J connectivity index is 1.77. The molecule has 2 amide bonds. The van der Waals surface area contributed by atoms with E-state index in [0.717, 1.165) is 25.0 Å². The van der Waals surface area contributed by atoms with E-state index < -0.39 is 17.7 Å². The van der Waals surface area contributed by atoms with Gasteiger partial charge in [0.2, 0.25) is 0 Å². The van der Waals surface area contributed by atoms with Crippen LogP contribution in [0.4, 0.5) is 13.6 Å². The standard InChI is InChI=1S/C16H20F2N2O2/c1-10-9-22-7-6-20(10)16(21)19-15(11-2-3-11)13-8-12(17)4-5-14(13)18/h4-5,8,10-11,15H,2-3,6-7,9H2,1H3,(H,19,21)/t10-,15-/m1/s1. The topological polar surface area (TPSA) is 41.6 Å². The predicted octanol–water partition coefficient (Wildman–Crippen LogP) is 2.85. The lowest BCUT2D eigenvalue weighted by atomic mass is 10.0. The molecule has 0 unspecified atom stereocenters. The number of rotatable bonds is 3. The molecule has 22 heavy (non-hydrogen) atoms. The van der Waals surface area contributed by atoms with Crippen molar-refractivity contribution in [2.24, 2.45) is 5.92 Å². The van der Waals surface area contributed by atoms with Crippen LogP contribution in [-0.2, 0) is 4.74 Å². The van der Waals surface area contributed by atoms with E-state index in [4.69, 9.17) is 4.74 Å². The van der Waals surface area contributed by atoms with Gasteiger partial charge in [0.25, 0.3) is 0 Å². The molecule has 4 nitrogen and oxygen atoms in total. The highest BCUT2D eigenvalue weighted by Gasteiger charge is 2.36. The molecule has 0 radical (unpaired) electrons. The van der Waals surface area contributed by atoms with Crippen LogP contribution < -0.4 is 5.32 Å². The molecule has 0 aromatic heterocycles. The van der Waals surface area contributed by atoms with Gasteiger partial charge in [0.15, 0.2) is 0 Å². The molecule has 1 saturated heterocycles. The van der Waals surface area contributed by atoms with Gasteiger partial charge in [0, 0.05) is 12.1 Å². The number of amides is 2. The number of nitrogens with zero attached hydrogens (tertiary/aromatic N) is 1. The molecule has 1 aromatic rings. The molecule has 1 aliphatic carbocycles.